The Morgan fingerprint density at radius 3 is 0.842 bits per heavy atom. The molecule has 0 aromatic rings. The normalized spacial score (nSPS) is 24.9. The van der Waals surface area contributed by atoms with Crippen LogP contribution in [0.2, 0.25) is 0 Å². The molecule has 0 N–H and O–H groups in total. The summed E-state index contributed by atoms with van der Waals surface area (Å²) in [6, 6.07) is 0. The molecular formula is C17H36N2. The van der Waals surface area contributed by atoms with Crippen molar-refractivity contribution in [3.8, 4) is 0 Å². The molecule has 1 rings (SSSR count). The van der Waals surface area contributed by atoms with E-state index in [0.29, 0.717) is 0 Å². The van der Waals surface area contributed by atoms with Crippen LogP contribution in [0.5, 0.6) is 0 Å². The summed E-state index contributed by atoms with van der Waals surface area (Å²) >= 11 is 0. The molecule has 0 aliphatic carbocycles. The van der Waals surface area contributed by atoms with Crippen molar-refractivity contribution < 1.29 is 0 Å². The van der Waals surface area contributed by atoms with E-state index in [0.717, 1.165) is 0 Å². The van der Waals surface area contributed by atoms with Crippen molar-refractivity contribution in [2.45, 2.75) is 70.6 Å². The molecule has 1 aliphatic heterocycles. The molecular weight excluding hydrogens is 232 g/mol. The first kappa shape index (κ1) is 17.0. The minimum absolute atomic E-state index is 1.31. The van der Waals surface area contributed by atoms with E-state index in [1.54, 1.807) is 0 Å². The summed E-state index contributed by atoms with van der Waals surface area (Å²) in [5.41, 5.74) is 0. The fraction of sp³-hybridized carbons (Fsp3) is 1.00. The molecule has 0 unspecified atom stereocenters. The van der Waals surface area contributed by atoms with Crippen LogP contribution in [0, 0.1) is 0 Å². The summed E-state index contributed by atoms with van der Waals surface area (Å²) in [6.45, 7) is 5.23. The summed E-state index contributed by atoms with van der Waals surface area (Å²) in [6.07, 6.45) is 15.6. The highest BCUT2D eigenvalue weighted by Crippen LogP contribution is 2.09. The lowest BCUT2D eigenvalue weighted by Gasteiger charge is -2.16. The number of hydrogen-bond acceptors (Lipinski definition) is 2. The van der Waals surface area contributed by atoms with Gasteiger partial charge in [-0.15, -0.1) is 0 Å². The highest BCUT2D eigenvalue weighted by atomic mass is 15.1. The first-order chi connectivity index (χ1) is 9.29. The van der Waals surface area contributed by atoms with Gasteiger partial charge in [-0.3, -0.25) is 0 Å². The second kappa shape index (κ2) is 11.7. The van der Waals surface area contributed by atoms with E-state index < -0.39 is 0 Å². The van der Waals surface area contributed by atoms with Crippen LogP contribution in [0.1, 0.15) is 70.6 Å². The molecule has 0 bridgehead atoms. The quantitative estimate of drug-likeness (QED) is 0.651. The van der Waals surface area contributed by atoms with Gasteiger partial charge in [-0.25, -0.2) is 0 Å². The summed E-state index contributed by atoms with van der Waals surface area (Å²) < 4.78 is 0. The highest BCUT2D eigenvalue weighted by Gasteiger charge is 2.01. The molecule has 0 aromatic carbocycles. The predicted molar refractivity (Wildman–Crippen MR) is 85.8 cm³/mol. The molecule has 1 heterocycles. The van der Waals surface area contributed by atoms with E-state index in [4.69, 9.17) is 0 Å². The Balaban J connectivity index is 2.17. The first-order valence-electron chi connectivity index (χ1n) is 8.66. The number of nitrogens with zero attached hydrogens (tertiary/aromatic N) is 2. The molecule has 0 spiro atoms. The van der Waals surface area contributed by atoms with Gasteiger partial charge in [0.1, 0.15) is 0 Å². The average Bonchev–Trinajstić information content (AvgIpc) is 2.40. The van der Waals surface area contributed by atoms with Crippen molar-refractivity contribution in [2.24, 2.45) is 0 Å². The van der Waals surface area contributed by atoms with Gasteiger partial charge in [0.2, 0.25) is 0 Å². The minimum atomic E-state index is 1.31. The van der Waals surface area contributed by atoms with Crippen molar-refractivity contribution in [1.29, 1.82) is 0 Å². The second-order valence-electron chi connectivity index (χ2n) is 6.50. The predicted octanol–water partition coefficient (Wildman–Crippen LogP) is 4.15. The molecule has 1 fully saturated rings. The largest absolute Gasteiger partial charge is 0.306 e. The Kier molecular flexibility index (Phi) is 10.5. The Morgan fingerprint density at radius 2 is 0.579 bits per heavy atom. The molecule has 1 aliphatic rings. The van der Waals surface area contributed by atoms with Gasteiger partial charge in [-0.2, -0.15) is 0 Å². The lowest BCUT2D eigenvalue weighted by molar-refractivity contribution is 0.311. The van der Waals surface area contributed by atoms with Crippen LogP contribution in [-0.2, 0) is 0 Å². The summed E-state index contributed by atoms with van der Waals surface area (Å²) in [4.78, 5) is 5.07. The molecule has 0 saturated carbocycles. The Hall–Kier alpha value is -0.0800. The van der Waals surface area contributed by atoms with Crippen molar-refractivity contribution in [3.05, 3.63) is 0 Å². The third kappa shape index (κ3) is 10.4. The van der Waals surface area contributed by atoms with Crippen LogP contribution in [0.3, 0.4) is 0 Å². The molecule has 0 aromatic heterocycles. The summed E-state index contributed by atoms with van der Waals surface area (Å²) in [5, 5.41) is 0. The topological polar surface area (TPSA) is 6.48 Å². The van der Waals surface area contributed by atoms with E-state index in [2.05, 4.69) is 23.9 Å². The SMILES string of the molecule is CN1CCCCCCCCN(C)CCCCCCC1. The zero-order valence-corrected chi connectivity index (χ0v) is 13.5. The Bertz CT molecular complexity index is 174. The molecule has 114 valence electrons. The van der Waals surface area contributed by atoms with E-state index in [1.807, 2.05) is 0 Å². The van der Waals surface area contributed by atoms with Gasteiger partial charge in [0.25, 0.3) is 0 Å². The molecule has 2 nitrogen and oxygen atoms in total. The zero-order chi connectivity index (χ0) is 13.8. The van der Waals surface area contributed by atoms with Crippen molar-refractivity contribution in [2.75, 3.05) is 40.3 Å². The number of rotatable bonds is 0. The second-order valence-corrected chi connectivity index (χ2v) is 6.50. The van der Waals surface area contributed by atoms with E-state index in [-0.39, 0.29) is 0 Å². The van der Waals surface area contributed by atoms with Crippen LogP contribution in [0.4, 0.5) is 0 Å². The van der Waals surface area contributed by atoms with Crippen molar-refractivity contribution >= 4 is 0 Å². The standard InChI is InChI=1S/C17H36N2/c1-18-14-10-6-3-4-7-11-15-19(2)17-13-9-5-8-12-16-18/h3-17H2,1-2H3. The third-order valence-electron chi connectivity index (χ3n) is 4.41. The van der Waals surface area contributed by atoms with E-state index >= 15 is 0 Å². The third-order valence-corrected chi connectivity index (χ3v) is 4.41. The zero-order valence-electron chi connectivity index (χ0n) is 13.5. The Morgan fingerprint density at radius 1 is 0.368 bits per heavy atom. The summed E-state index contributed by atoms with van der Waals surface area (Å²) in [5.74, 6) is 0. The lowest BCUT2D eigenvalue weighted by atomic mass is 10.1. The molecule has 0 amide bonds. The molecule has 1 saturated heterocycles. The smallest absolute Gasteiger partial charge is 0.00218 e. The summed E-state index contributed by atoms with van der Waals surface area (Å²) in [7, 11) is 4.59. The maximum absolute atomic E-state index is 2.53. The molecule has 2 heteroatoms. The van der Waals surface area contributed by atoms with E-state index in [1.165, 1.54) is 96.8 Å². The van der Waals surface area contributed by atoms with Gasteiger partial charge in [-0.1, -0.05) is 44.9 Å². The van der Waals surface area contributed by atoms with Gasteiger partial charge in [-0.05, 0) is 66.0 Å². The minimum Gasteiger partial charge on any atom is -0.306 e. The van der Waals surface area contributed by atoms with Gasteiger partial charge in [0.05, 0.1) is 0 Å². The van der Waals surface area contributed by atoms with E-state index in [9.17, 15) is 0 Å². The highest BCUT2D eigenvalue weighted by molar-refractivity contribution is 4.57. The lowest BCUT2D eigenvalue weighted by Crippen LogP contribution is -2.21. The van der Waals surface area contributed by atoms with Crippen LogP contribution in [0.15, 0.2) is 0 Å². The van der Waals surface area contributed by atoms with Crippen LogP contribution >= 0.6 is 0 Å². The van der Waals surface area contributed by atoms with Gasteiger partial charge in [0.15, 0.2) is 0 Å². The molecule has 0 radical (unpaired) electrons. The Labute approximate surface area is 121 Å². The number of hydrogen-bond donors (Lipinski definition) is 0. The maximum Gasteiger partial charge on any atom is -0.00218 e. The van der Waals surface area contributed by atoms with Crippen LogP contribution < -0.4 is 0 Å². The van der Waals surface area contributed by atoms with Gasteiger partial charge >= 0.3 is 0 Å². The monoisotopic (exact) mass is 268 g/mol. The molecule has 19 heavy (non-hydrogen) atoms. The molecule has 0 atom stereocenters. The van der Waals surface area contributed by atoms with Gasteiger partial charge in [0, 0.05) is 0 Å². The fourth-order valence-electron chi connectivity index (χ4n) is 2.99. The van der Waals surface area contributed by atoms with Crippen molar-refractivity contribution in [1.82, 2.24) is 9.80 Å². The first-order valence-corrected chi connectivity index (χ1v) is 8.66. The van der Waals surface area contributed by atoms with Crippen LogP contribution in [0.25, 0.3) is 0 Å². The van der Waals surface area contributed by atoms with Crippen molar-refractivity contribution in [3.63, 3.8) is 0 Å². The average molecular weight is 268 g/mol. The van der Waals surface area contributed by atoms with Gasteiger partial charge < -0.3 is 9.80 Å². The van der Waals surface area contributed by atoms with Crippen LogP contribution in [-0.4, -0.2) is 50.1 Å². The maximum atomic E-state index is 2.53. The fourth-order valence-corrected chi connectivity index (χ4v) is 2.99.